The number of nitrogens with zero attached hydrogens (tertiary/aromatic N) is 3. The zero-order chi connectivity index (χ0) is 26.7. The number of methoxy groups -OCH3 is 1. The average molecular weight is 591 g/mol. The standard InChI is InChI=1S/C24H24BrClF3N3O4/c1-4-36-22(34)23(2)13-31(12-20(33)32(14-35-3)17-8-6-16(25)7-9-17)30-21(23)15-5-10-18(19(26)11-15)24(27,28)29/h5-11H,4,12-14H2,1-3H3. The number of halogens is 5. The zero-order valence-electron chi connectivity index (χ0n) is 19.7. The van der Waals surface area contributed by atoms with Crippen molar-refractivity contribution >= 4 is 50.8 Å². The first-order valence-electron chi connectivity index (χ1n) is 10.8. The Labute approximate surface area is 219 Å². The van der Waals surface area contributed by atoms with Gasteiger partial charge in [0.1, 0.15) is 18.7 Å². The molecule has 1 aliphatic rings. The van der Waals surface area contributed by atoms with E-state index in [1.54, 1.807) is 38.1 Å². The maximum Gasteiger partial charge on any atom is 0.417 e. The molecule has 0 aromatic heterocycles. The van der Waals surface area contributed by atoms with Crippen LogP contribution in [0.3, 0.4) is 0 Å². The number of ether oxygens (including phenoxy) is 2. The molecule has 7 nitrogen and oxygen atoms in total. The minimum atomic E-state index is -4.63. The van der Waals surface area contributed by atoms with Crippen LogP contribution in [0.15, 0.2) is 52.0 Å². The number of carbonyl (C=O) groups excluding carboxylic acids is 2. The molecule has 1 atom stereocenters. The molecular weight excluding hydrogens is 567 g/mol. The number of hydrogen-bond donors (Lipinski definition) is 0. The second-order valence-corrected chi connectivity index (χ2v) is 9.56. The van der Waals surface area contributed by atoms with Crippen LogP contribution in [0.4, 0.5) is 18.9 Å². The van der Waals surface area contributed by atoms with Gasteiger partial charge in [0.2, 0.25) is 5.91 Å². The van der Waals surface area contributed by atoms with Crippen molar-refractivity contribution in [2.75, 3.05) is 38.4 Å². The Morgan fingerprint density at radius 2 is 1.89 bits per heavy atom. The fraction of sp³-hybridized carbons (Fsp3) is 0.375. The lowest BCUT2D eigenvalue weighted by Gasteiger charge is -2.26. The Morgan fingerprint density at radius 3 is 2.44 bits per heavy atom. The van der Waals surface area contributed by atoms with E-state index in [0.717, 1.165) is 16.6 Å². The third-order valence-electron chi connectivity index (χ3n) is 5.55. The minimum Gasteiger partial charge on any atom is -0.465 e. The molecule has 0 fully saturated rings. The molecular formula is C24H24BrClF3N3O4. The summed E-state index contributed by atoms with van der Waals surface area (Å²) >= 11 is 9.27. The van der Waals surface area contributed by atoms with Crippen molar-refractivity contribution in [2.45, 2.75) is 20.0 Å². The predicted molar refractivity (Wildman–Crippen MR) is 133 cm³/mol. The molecule has 194 valence electrons. The second kappa shape index (κ2) is 11.2. The summed E-state index contributed by atoms with van der Waals surface area (Å²) in [6.07, 6.45) is -4.63. The number of esters is 1. The van der Waals surface area contributed by atoms with E-state index in [4.69, 9.17) is 21.1 Å². The van der Waals surface area contributed by atoms with Crippen molar-refractivity contribution in [3.8, 4) is 0 Å². The van der Waals surface area contributed by atoms with Crippen LogP contribution in [0.2, 0.25) is 5.02 Å². The fourth-order valence-electron chi connectivity index (χ4n) is 3.82. The summed E-state index contributed by atoms with van der Waals surface area (Å²) in [7, 11) is 1.46. The van der Waals surface area contributed by atoms with E-state index < -0.39 is 28.1 Å². The number of benzene rings is 2. The lowest BCUT2D eigenvalue weighted by molar-refractivity contribution is -0.150. The first-order chi connectivity index (χ1) is 16.9. The van der Waals surface area contributed by atoms with Gasteiger partial charge in [-0.2, -0.15) is 18.3 Å². The number of anilines is 1. The van der Waals surface area contributed by atoms with Crippen LogP contribution < -0.4 is 4.90 Å². The SMILES string of the molecule is CCOC(=O)C1(C)CN(CC(=O)N(COC)c2ccc(Br)cc2)N=C1c1ccc(C(F)(F)F)c(Cl)c1. The number of hydrogen-bond acceptors (Lipinski definition) is 6. The molecule has 1 aliphatic heterocycles. The van der Waals surface area contributed by atoms with Crippen molar-refractivity contribution in [1.29, 1.82) is 0 Å². The molecule has 2 aromatic carbocycles. The quantitative estimate of drug-likeness (QED) is 0.306. The predicted octanol–water partition coefficient (Wildman–Crippen LogP) is 5.35. The minimum absolute atomic E-state index is 0.0193. The van der Waals surface area contributed by atoms with Crippen molar-refractivity contribution in [1.82, 2.24) is 5.01 Å². The molecule has 2 aromatic rings. The van der Waals surface area contributed by atoms with E-state index in [9.17, 15) is 22.8 Å². The van der Waals surface area contributed by atoms with Gasteiger partial charge in [0.15, 0.2) is 0 Å². The molecule has 0 saturated heterocycles. The molecule has 0 N–H and O–H groups in total. The Morgan fingerprint density at radius 1 is 1.22 bits per heavy atom. The van der Waals surface area contributed by atoms with Gasteiger partial charge in [-0.1, -0.05) is 33.6 Å². The topological polar surface area (TPSA) is 71.4 Å². The van der Waals surface area contributed by atoms with E-state index >= 15 is 0 Å². The van der Waals surface area contributed by atoms with Gasteiger partial charge in [-0.25, -0.2) is 0 Å². The van der Waals surface area contributed by atoms with Gasteiger partial charge >= 0.3 is 12.1 Å². The highest BCUT2D eigenvalue weighted by atomic mass is 79.9. The lowest BCUT2D eigenvalue weighted by atomic mass is 9.82. The number of alkyl halides is 3. The van der Waals surface area contributed by atoms with Gasteiger partial charge in [0, 0.05) is 22.8 Å². The first kappa shape index (κ1) is 27.9. The Balaban J connectivity index is 1.94. The molecule has 12 heteroatoms. The summed E-state index contributed by atoms with van der Waals surface area (Å²) in [5.41, 5.74) is -1.37. The van der Waals surface area contributed by atoms with Gasteiger partial charge in [-0.15, -0.1) is 0 Å². The van der Waals surface area contributed by atoms with E-state index in [0.29, 0.717) is 5.69 Å². The van der Waals surface area contributed by atoms with Crippen molar-refractivity contribution in [2.24, 2.45) is 10.5 Å². The number of hydrazone groups is 1. The third kappa shape index (κ3) is 6.01. The summed E-state index contributed by atoms with van der Waals surface area (Å²) in [6, 6.07) is 10.2. The third-order valence-corrected chi connectivity index (χ3v) is 6.39. The van der Waals surface area contributed by atoms with E-state index in [2.05, 4.69) is 21.0 Å². The normalized spacial score (nSPS) is 17.7. The summed E-state index contributed by atoms with van der Waals surface area (Å²) < 4.78 is 50.8. The number of carbonyl (C=O) groups is 2. The molecule has 0 radical (unpaired) electrons. The summed E-state index contributed by atoms with van der Waals surface area (Å²) in [5, 5.41) is 5.32. The van der Waals surface area contributed by atoms with Gasteiger partial charge in [0.05, 0.1) is 29.4 Å². The molecule has 0 saturated carbocycles. The van der Waals surface area contributed by atoms with E-state index in [-0.39, 0.29) is 43.6 Å². The zero-order valence-corrected chi connectivity index (χ0v) is 22.1. The van der Waals surface area contributed by atoms with E-state index in [1.807, 2.05) is 0 Å². The van der Waals surface area contributed by atoms with Gasteiger partial charge < -0.3 is 9.47 Å². The van der Waals surface area contributed by atoms with Crippen LogP contribution in [-0.2, 0) is 25.2 Å². The largest absolute Gasteiger partial charge is 0.465 e. The van der Waals surface area contributed by atoms with Crippen molar-refractivity contribution < 1.29 is 32.2 Å². The molecule has 0 aliphatic carbocycles. The number of rotatable bonds is 8. The highest BCUT2D eigenvalue weighted by Gasteiger charge is 2.48. The molecule has 0 spiro atoms. The first-order valence-corrected chi connectivity index (χ1v) is 12.0. The van der Waals surface area contributed by atoms with E-state index in [1.165, 1.54) is 23.1 Å². The molecule has 3 rings (SSSR count). The van der Waals surface area contributed by atoms with Crippen molar-refractivity contribution in [3.63, 3.8) is 0 Å². The molecule has 36 heavy (non-hydrogen) atoms. The van der Waals surface area contributed by atoms with Gasteiger partial charge in [-0.05, 0) is 50.2 Å². The number of amides is 1. The van der Waals surface area contributed by atoms with Gasteiger partial charge in [0.25, 0.3) is 0 Å². The maximum absolute atomic E-state index is 13.2. The Hall–Kier alpha value is -2.63. The molecule has 1 unspecified atom stereocenters. The Kier molecular flexibility index (Phi) is 8.68. The Bertz CT molecular complexity index is 1160. The van der Waals surface area contributed by atoms with Gasteiger partial charge in [-0.3, -0.25) is 19.5 Å². The monoisotopic (exact) mass is 589 g/mol. The fourth-order valence-corrected chi connectivity index (χ4v) is 4.37. The van der Waals surface area contributed by atoms with Crippen LogP contribution >= 0.6 is 27.5 Å². The molecule has 1 heterocycles. The highest BCUT2D eigenvalue weighted by molar-refractivity contribution is 9.10. The highest BCUT2D eigenvalue weighted by Crippen LogP contribution is 2.38. The van der Waals surface area contributed by atoms with Crippen LogP contribution in [0.1, 0.15) is 25.0 Å². The molecule has 0 bridgehead atoms. The van der Waals surface area contributed by atoms with Crippen LogP contribution in [0, 0.1) is 5.41 Å². The lowest BCUT2D eigenvalue weighted by Crippen LogP contribution is -2.43. The van der Waals surface area contributed by atoms with Crippen molar-refractivity contribution in [3.05, 3.63) is 63.1 Å². The summed E-state index contributed by atoms with van der Waals surface area (Å²) in [6.45, 7) is 3.05. The maximum atomic E-state index is 13.2. The average Bonchev–Trinajstić information content (AvgIpc) is 3.14. The molecule has 1 amide bonds. The second-order valence-electron chi connectivity index (χ2n) is 8.23. The summed E-state index contributed by atoms with van der Waals surface area (Å²) in [4.78, 5) is 27.5. The van der Waals surface area contributed by atoms with Crippen LogP contribution in [-0.4, -0.2) is 56.1 Å². The van der Waals surface area contributed by atoms with Crippen LogP contribution in [0.25, 0.3) is 0 Å². The van der Waals surface area contributed by atoms with Crippen LogP contribution in [0.5, 0.6) is 0 Å². The smallest absolute Gasteiger partial charge is 0.417 e. The summed E-state index contributed by atoms with van der Waals surface area (Å²) in [5.74, 6) is -0.975.